The molecule has 6 rings (SSSR count). The Morgan fingerprint density at radius 2 is 1.97 bits per heavy atom. The summed E-state index contributed by atoms with van der Waals surface area (Å²) in [4.78, 5) is 18.3. The number of aliphatic hydroxyl groups is 1. The SMILES string of the molecule is CC12CCSSCC3(CCCC4=C5CC1CC1(CCCC1)C(CCCO)C52CC4=O)CCN=C(N)N3. The first kappa shape index (κ1) is 25.6. The highest BCUT2D eigenvalue weighted by atomic mass is 33.1. The van der Waals surface area contributed by atoms with Gasteiger partial charge >= 0.3 is 0 Å². The zero-order valence-corrected chi connectivity index (χ0v) is 23.7. The summed E-state index contributed by atoms with van der Waals surface area (Å²) in [6.07, 6.45) is 15.9. The molecule has 0 radical (unpaired) electrons. The maximum Gasteiger partial charge on any atom is 0.189 e. The van der Waals surface area contributed by atoms with E-state index in [4.69, 9.17) is 5.73 Å². The van der Waals surface area contributed by atoms with Gasteiger partial charge in [-0.3, -0.25) is 9.79 Å². The fraction of sp³-hybridized carbons (Fsp3) is 0.862. The van der Waals surface area contributed by atoms with Crippen LogP contribution in [-0.4, -0.2) is 47.0 Å². The van der Waals surface area contributed by atoms with Gasteiger partial charge in [-0.2, -0.15) is 0 Å². The van der Waals surface area contributed by atoms with Gasteiger partial charge in [-0.25, -0.2) is 0 Å². The molecule has 3 saturated carbocycles. The van der Waals surface area contributed by atoms with Gasteiger partial charge in [0.05, 0.1) is 5.54 Å². The number of nitrogens with two attached hydrogens (primary N) is 1. The van der Waals surface area contributed by atoms with Crippen molar-refractivity contribution in [1.29, 1.82) is 0 Å². The molecule has 0 saturated heterocycles. The molecule has 5 unspecified atom stereocenters. The van der Waals surface area contributed by atoms with Gasteiger partial charge in [0.1, 0.15) is 0 Å². The summed E-state index contributed by atoms with van der Waals surface area (Å²) < 4.78 is 0. The molecule has 2 aliphatic heterocycles. The Labute approximate surface area is 225 Å². The first-order chi connectivity index (χ1) is 17.4. The average Bonchev–Trinajstić information content (AvgIpc) is 3.45. The fourth-order valence-electron chi connectivity index (χ4n) is 10.2. The summed E-state index contributed by atoms with van der Waals surface area (Å²) in [5, 5.41) is 13.5. The first-order valence-corrected chi connectivity index (χ1v) is 17.1. The maximum absolute atomic E-state index is 13.9. The van der Waals surface area contributed by atoms with E-state index in [0.29, 0.717) is 23.1 Å². The predicted octanol–water partition coefficient (Wildman–Crippen LogP) is 5.62. The molecule has 36 heavy (non-hydrogen) atoms. The Hall–Kier alpha value is -0.660. The lowest BCUT2D eigenvalue weighted by atomic mass is 9.42. The second-order valence-electron chi connectivity index (χ2n) is 13.1. The van der Waals surface area contributed by atoms with E-state index in [1.165, 1.54) is 44.1 Å². The molecule has 2 heterocycles. The van der Waals surface area contributed by atoms with E-state index in [1.807, 2.05) is 21.6 Å². The van der Waals surface area contributed by atoms with Gasteiger partial charge in [-0.05, 0) is 98.9 Å². The molecule has 4 aliphatic carbocycles. The van der Waals surface area contributed by atoms with E-state index in [0.717, 1.165) is 75.3 Å². The Bertz CT molecular complexity index is 960. The van der Waals surface area contributed by atoms with Crippen LogP contribution in [0.1, 0.15) is 96.8 Å². The number of aliphatic hydroxyl groups excluding tert-OH is 1. The van der Waals surface area contributed by atoms with Crippen molar-refractivity contribution in [1.82, 2.24) is 5.32 Å². The summed E-state index contributed by atoms with van der Waals surface area (Å²) in [7, 11) is 4.06. The zero-order valence-electron chi connectivity index (χ0n) is 22.1. The summed E-state index contributed by atoms with van der Waals surface area (Å²) >= 11 is 0. The number of nitrogens with one attached hydrogen (secondary N) is 1. The molecule has 200 valence electrons. The van der Waals surface area contributed by atoms with Crippen molar-refractivity contribution in [3.63, 3.8) is 0 Å². The van der Waals surface area contributed by atoms with Crippen molar-refractivity contribution < 1.29 is 9.90 Å². The van der Waals surface area contributed by atoms with Crippen LogP contribution in [0.3, 0.4) is 0 Å². The van der Waals surface area contributed by atoms with Gasteiger partial charge in [0.15, 0.2) is 11.7 Å². The largest absolute Gasteiger partial charge is 0.396 e. The average molecular weight is 532 g/mol. The molecular weight excluding hydrogens is 486 g/mol. The summed E-state index contributed by atoms with van der Waals surface area (Å²) in [6.45, 7) is 3.66. The smallest absolute Gasteiger partial charge is 0.189 e. The number of allylic oxidation sites excluding steroid dienone is 2. The molecule has 0 aromatic heterocycles. The van der Waals surface area contributed by atoms with Crippen molar-refractivity contribution in [2.24, 2.45) is 38.8 Å². The van der Waals surface area contributed by atoms with E-state index >= 15 is 0 Å². The van der Waals surface area contributed by atoms with Crippen molar-refractivity contribution in [2.75, 3.05) is 24.7 Å². The number of hydrogen-bond acceptors (Lipinski definition) is 7. The zero-order chi connectivity index (χ0) is 25.0. The number of nitrogens with zero attached hydrogens (tertiary/aromatic N) is 1. The minimum Gasteiger partial charge on any atom is -0.396 e. The van der Waals surface area contributed by atoms with Gasteiger partial charge in [-0.15, -0.1) is 0 Å². The fourth-order valence-corrected chi connectivity index (χ4v) is 13.0. The quantitative estimate of drug-likeness (QED) is 0.410. The van der Waals surface area contributed by atoms with Gasteiger partial charge in [-0.1, -0.05) is 46.9 Å². The number of aliphatic imine (C=N–C) groups is 1. The van der Waals surface area contributed by atoms with Gasteiger partial charge in [0.2, 0.25) is 0 Å². The molecule has 4 N–H and O–H groups in total. The van der Waals surface area contributed by atoms with Crippen LogP contribution in [-0.2, 0) is 4.79 Å². The summed E-state index contributed by atoms with van der Waals surface area (Å²) in [5.74, 6) is 4.52. The van der Waals surface area contributed by atoms with Crippen molar-refractivity contribution >= 4 is 33.3 Å². The van der Waals surface area contributed by atoms with Crippen LogP contribution in [0.2, 0.25) is 0 Å². The van der Waals surface area contributed by atoms with E-state index in [1.54, 1.807) is 5.57 Å². The number of carbonyl (C=O) groups excluding carboxylic acids is 1. The third-order valence-electron chi connectivity index (χ3n) is 11.8. The number of guanidine groups is 1. The Morgan fingerprint density at radius 3 is 2.75 bits per heavy atom. The molecule has 3 spiro atoms. The minimum atomic E-state index is -0.00149. The van der Waals surface area contributed by atoms with Crippen molar-refractivity contribution in [2.45, 2.75) is 102 Å². The minimum absolute atomic E-state index is 0.00149. The number of ketones is 1. The predicted molar refractivity (Wildman–Crippen MR) is 151 cm³/mol. The van der Waals surface area contributed by atoms with Crippen molar-refractivity contribution in [3.05, 3.63) is 11.1 Å². The highest BCUT2D eigenvalue weighted by molar-refractivity contribution is 8.76. The van der Waals surface area contributed by atoms with Crippen molar-refractivity contribution in [3.8, 4) is 0 Å². The summed E-state index contributed by atoms with van der Waals surface area (Å²) in [5.41, 5.74) is 9.60. The standard InChI is InChI=1S/C29H45N3O2S2/c1-26-12-15-35-36-19-28(11-13-31-25(30)32-28)10-4-6-21-22-16-20(26)17-27(8-2-3-9-27)24(7-5-14-33)29(22,26)18-23(21)34/h20,24,33H,2-19H2,1H3,(H3,30,31,32). The molecule has 7 heteroatoms. The molecule has 0 amide bonds. The second-order valence-corrected chi connectivity index (χ2v) is 15.7. The van der Waals surface area contributed by atoms with E-state index in [2.05, 4.69) is 17.2 Å². The number of carbonyl (C=O) groups is 1. The van der Waals surface area contributed by atoms with Gasteiger partial charge in [0.25, 0.3) is 0 Å². The van der Waals surface area contributed by atoms with Gasteiger partial charge in [0, 0.05) is 36.5 Å². The normalized spacial score (nSPS) is 42.2. The molecule has 0 aromatic rings. The highest BCUT2D eigenvalue weighted by Crippen LogP contribution is 2.79. The molecule has 5 atom stereocenters. The Morgan fingerprint density at radius 1 is 1.14 bits per heavy atom. The van der Waals surface area contributed by atoms with Crippen LogP contribution >= 0.6 is 21.6 Å². The Balaban J connectivity index is 1.40. The number of hydrogen-bond donors (Lipinski definition) is 3. The lowest BCUT2D eigenvalue weighted by molar-refractivity contribution is -0.134. The molecule has 5 nitrogen and oxygen atoms in total. The third kappa shape index (κ3) is 3.76. The molecule has 0 aromatic carbocycles. The maximum atomic E-state index is 13.9. The molecule has 3 fully saturated rings. The first-order valence-electron chi connectivity index (χ1n) is 14.6. The topological polar surface area (TPSA) is 87.7 Å². The second kappa shape index (κ2) is 9.51. The highest BCUT2D eigenvalue weighted by Gasteiger charge is 2.72. The molecular formula is C29H45N3O2S2. The number of Topliss-reactive ketones (excluding diaryl/α,β-unsaturated/α-hetero) is 1. The van der Waals surface area contributed by atoms with Crippen LogP contribution in [0.25, 0.3) is 0 Å². The van der Waals surface area contributed by atoms with Crippen LogP contribution in [0.4, 0.5) is 0 Å². The summed E-state index contributed by atoms with van der Waals surface area (Å²) in [6, 6.07) is 0. The van der Waals surface area contributed by atoms with Crippen LogP contribution in [0.15, 0.2) is 16.1 Å². The van der Waals surface area contributed by atoms with E-state index < -0.39 is 0 Å². The van der Waals surface area contributed by atoms with Gasteiger partial charge < -0.3 is 16.2 Å². The van der Waals surface area contributed by atoms with Crippen LogP contribution < -0.4 is 11.1 Å². The third-order valence-corrected chi connectivity index (χ3v) is 14.3. The van der Waals surface area contributed by atoms with E-state index in [-0.39, 0.29) is 23.0 Å². The lowest BCUT2D eigenvalue weighted by Crippen LogP contribution is -2.56. The molecule has 5 bridgehead atoms. The molecule has 6 aliphatic rings. The number of rotatable bonds is 3. The van der Waals surface area contributed by atoms with Crippen LogP contribution in [0, 0.1) is 28.1 Å². The monoisotopic (exact) mass is 531 g/mol. The van der Waals surface area contributed by atoms with E-state index in [9.17, 15) is 9.90 Å². The lowest BCUT2D eigenvalue weighted by Gasteiger charge is -2.61. The Kier molecular flexibility index (Phi) is 6.77. The van der Waals surface area contributed by atoms with Crippen LogP contribution in [0.5, 0.6) is 0 Å².